The largest absolute Gasteiger partial charge is 0.392 e. The van der Waals surface area contributed by atoms with Gasteiger partial charge in [0.05, 0.1) is 12.2 Å². The van der Waals surface area contributed by atoms with Crippen molar-refractivity contribution in [3.63, 3.8) is 0 Å². The summed E-state index contributed by atoms with van der Waals surface area (Å²) in [5, 5.41) is 19.2. The van der Waals surface area contributed by atoms with Crippen LogP contribution in [0.2, 0.25) is 0 Å². The highest BCUT2D eigenvalue weighted by molar-refractivity contribution is 5.26. The van der Waals surface area contributed by atoms with E-state index in [1.807, 2.05) is 0 Å². The van der Waals surface area contributed by atoms with E-state index < -0.39 is 0 Å². The Kier molecular flexibility index (Phi) is 1.46. The van der Waals surface area contributed by atoms with Gasteiger partial charge in [0.25, 0.3) is 0 Å². The average molecular weight is 168 g/mol. The molecule has 3 aliphatic rings. The van der Waals surface area contributed by atoms with Crippen LogP contribution >= 0.6 is 0 Å². The Labute approximate surface area is 72.9 Å². The summed E-state index contributed by atoms with van der Waals surface area (Å²) < 4.78 is 0. The molecular weight excluding hydrogens is 152 g/mol. The summed E-state index contributed by atoms with van der Waals surface area (Å²) in [5.74, 6) is 0.384. The van der Waals surface area contributed by atoms with Crippen molar-refractivity contribution >= 4 is 0 Å². The van der Waals surface area contributed by atoms with E-state index in [0.29, 0.717) is 6.42 Å². The second-order valence-electron chi connectivity index (χ2n) is 4.72. The standard InChI is InChI=1S/C10H16O2/c1-5-7(11)4-6-9(12)8(5)10(6,2)3/h6-9,11-12H,1,4H2,2-3H3/t6-,7-,8+,9-/m1/s1. The minimum Gasteiger partial charge on any atom is -0.392 e. The molecule has 2 heteroatoms. The number of rotatable bonds is 0. The molecule has 0 aromatic rings. The first kappa shape index (κ1) is 8.27. The first-order valence-corrected chi connectivity index (χ1v) is 4.51. The van der Waals surface area contributed by atoms with E-state index in [-0.39, 0.29) is 29.5 Å². The lowest BCUT2D eigenvalue weighted by atomic mass is 9.45. The van der Waals surface area contributed by atoms with E-state index in [0.717, 1.165) is 5.57 Å². The quantitative estimate of drug-likeness (QED) is 0.528. The zero-order chi connectivity index (χ0) is 9.09. The van der Waals surface area contributed by atoms with Crippen molar-refractivity contribution in [2.75, 3.05) is 0 Å². The van der Waals surface area contributed by atoms with Crippen LogP contribution in [0.3, 0.4) is 0 Å². The van der Waals surface area contributed by atoms with Crippen LogP contribution < -0.4 is 0 Å². The van der Waals surface area contributed by atoms with Gasteiger partial charge < -0.3 is 10.2 Å². The van der Waals surface area contributed by atoms with Crippen molar-refractivity contribution in [3.8, 4) is 0 Å². The second kappa shape index (κ2) is 2.12. The molecule has 12 heavy (non-hydrogen) atoms. The van der Waals surface area contributed by atoms with Crippen LogP contribution in [0.15, 0.2) is 12.2 Å². The summed E-state index contributed by atoms with van der Waals surface area (Å²) in [6.45, 7) is 8.14. The van der Waals surface area contributed by atoms with E-state index in [2.05, 4.69) is 20.4 Å². The molecule has 3 fully saturated rings. The molecule has 3 rings (SSSR count). The molecule has 68 valence electrons. The van der Waals surface area contributed by atoms with Crippen molar-refractivity contribution in [2.24, 2.45) is 17.3 Å². The fourth-order valence-corrected chi connectivity index (χ4v) is 2.96. The monoisotopic (exact) mass is 168 g/mol. The molecule has 2 bridgehead atoms. The number of hydrogen-bond donors (Lipinski definition) is 2. The highest BCUT2D eigenvalue weighted by atomic mass is 16.3. The third-order valence-electron chi connectivity index (χ3n) is 3.82. The Morgan fingerprint density at radius 2 is 2.00 bits per heavy atom. The van der Waals surface area contributed by atoms with Crippen molar-refractivity contribution in [1.82, 2.24) is 0 Å². The molecule has 3 aliphatic carbocycles. The van der Waals surface area contributed by atoms with Crippen LogP contribution in [0, 0.1) is 17.3 Å². The third kappa shape index (κ3) is 0.723. The van der Waals surface area contributed by atoms with Crippen molar-refractivity contribution < 1.29 is 10.2 Å². The Bertz CT molecular complexity index is 232. The van der Waals surface area contributed by atoms with Crippen molar-refractivity contribution in [3.05, 3.63) is 12.2 Å². The summed E-state index contributed by atoms with van der Waals surface area (Å²) >= 11 is 0. The maximum atomic E-state index is 9.68. The van der Waals surface area contributed by atoms with Gasteiger partial charge in [-0.25, -0.2) is 0 Å². The van der Waals surface area contributed by atoms with Crippen LogP contribution in [0.4, 0.5) is 0 Å². The number of fused-ring (bicyclic) bond motifs is 2. The van der Waals surface area contributed by atoms with Gasteiger partial charge in [-0.15, -0.1) is 0 Å². The molecule has 0 radical (unpaired) electrons. The lowest BCUT2D eigenvalue weighted by Gasteiger charge is -2.62. The second-order valence-corrected chi connectivity index (χ2v) is 4.72. The Morgan fingerprint density at radius 1 is 1.42 bits per heavy atom. The molecule has 0 aliphatic heterocycles. The molecule has 0 aromatic carbocycles. The van der Waals surface area contributed by atoms with Crippen LogP contribution in [-0.2, 0) is 0 Å². The highest BCUT2D eigenvalue weighted by Gasteiger charge is 2.61. The summed E-state index contributed by atoms with van der Waals surface area (Å²) in [7, 11) is 0. The lowest BCUT2D eigenvalue weighted by Crippen LogP contribution is -2.63. The maximum absolute atomic E-state index is 9.68. The van der Waals surface area contributed by atoms with Gasteiger partial charge in [-0.3, -0.25) is 0 Å². The maximum Gasteiger partial charge on any atom is 0.0755 e. The van der Waals surface area contributed by atoms with E-state index in [4.69, 9.17) is 0 Å². The highest BCUT2D eigenvalue weighted by Crippen LogP contribution is 2.60. The van der Waals surface area contributed by atoms with Gasteiger partial charge in [0.1, 0.15) is 0 Å². The molecule has 0 amide bonds. The van der Waals surface area contributed by atoms with Gasteiger partial charge in [-0.2, -0.15) is 0 Å². The average Bonchev–Trinajstić information content (AvgIpc) is 1.96. The molecule has 3 saturated carbocycles. The van der Waals surface area contributed by atoms with Gasteiger partial charge in [0.2, 0.25) is 0 Å². The lowest BCUT2D eigenvalue weighted by molar-refractivity contribution is -0.179. The number of aliphatic hydroxyl groups excluding tert-OH is 2. The molecule has 0 saturated heterocycles. The van der Waals surface area contributed by atoms with Gasteiger partial charge in [-0.05, 0) is 23.3 Å². The number of hydrogen-bond acceptors (Lipinski definition) is 2. The van der Waals surface area contributed by atoms with Crippen molar-refractivity contribution in [1.29, 1.82) is 0 Å². The topological polar surface area (TPSA) is 40.5 Å². The molecule has 2 N–H and O–H groups in total. The zero-order valence-corrected chi connectivity index (χ0v) is 7.62. The van der Waals surface area contributed by atoms with Crippen LogP contribution in [0.25, 0.3) is 0 Å². The molecule has 2 nitrogen and oxygen atoms in total. The van der Waals surface area contributed by atoms with Gasteiger partial charge >= 0.3 is 0 Å². The predicted molar refractivity (Wildman–Crippen MR) is 46.5 cm³/mol. The Balaban J connectivity index is 2.29. The SMILES string of the molecule is C=C1[C@H](O)C[C@@H]2[C@@H](O)[C@H]1C2(C)C. The fraction of sp³-hybridized carbons (Fsp3) is 0.800. The molecule has 0 unspecified atom stereocenters. The molecule has 0 spiro atoms. The Hall–Kier alpha value is -0.340. The summed E-state index contributed by atoms with van der Waals surface area (Å²) in [6, 6.07) is 0. The van der Waals surface area contributed by atoms with Crippen LogP contribution in [0.5, 0.6) is 0 Å². The van der Waals surface area contributed by atoms with Crippen LogP contribution in [0.1, 0.15) is 20.3 Å². The van der Waals surface area contributed by atoms with Crippen molar-refractivity contribution in [2.45, 2.75) is 32.5 Å². The van der Waals surface area contributed by atoms with E-state index in [9.17, 15) is 10.2 Å². The fourth-order valence-electron chi connectivity index (χ4n) is 2.96. The van der Waals surface area contributed by atoms with Gasteiger partial charge in [0.15, 0.2) is 0 Å². The molecule has 4 atom stereocenters. The van der Waals surface area contributed by atoms with E-state index >= 15 is 0 Å². The summed E-state index contributed by atoms with van der Waals surface area (Å²) in [5.41, 5.74) is 0.977. The van der Waals surface area contributed by atoms with Gasteiger partial charge in [0, 0.05) is 5.92 Å². The molecule has 0 aromatic heterocycles. The summed E-state index contributed by atoms with van der Waals surface area (Å²) in [6.07, 6.45) is 0.0519. The minimum absolute atomic E-state index is 0.117. The zero-order valence-electron chi connectivity index (χ0n) is 7.62. The molecule has 0 heterocycles. The van der Waals surface area contributed by atoms with Gasteiger partial charge in [-0.1, -0.05) is 20.4 Å². The summed E-state index contributed by atoms with van der Waals surface area (Å²) in [4.78, 5) is 0. The van der Waals surface area contributed by atoms with E-state index in [1.165, 1.54) is 0 Å². The number of aliphatic hydroxyl groups is 2. The third-order valence-corrected chi connectivity index (χ3v) is 3.82. The first-order valence-electron chi connectivity index (χ1n) is 4.51. The normalized spacial score (nSPS) is 50.2. The Morgan fingerprint density at radius 3 is 2.33 bits per heavy atom. The first-order chi connectivity index (χ1) is 5.46. The van der Waals surface area contributed by atoms with E-state index in [1.54, 1.807) is 0 Å². The minimum atomic E-state index is -0.378. The van der Waals surface area contributed by atoms with Crippen LogP contribution in [-0.4, -0.2) is 22.4 Å². The predicted octanol–water partition coefficient (Wildman–Crippen LogP) is 0.940. The smallest absolute Gasteiger partial charge is 0.0755 e. The molecular formula is C10H16O2.